The second kappa shape index (κ2) is 8.44. The Morgan fingerprint density at radius 3 is 3.00 bits per heavy atom. The lowest BCUT2D eigenvalue weighted by Crippen LogP contribution is -2.47. The molecule has 17 heavy (non-hydrogen) atoms. The van der Waals surface area contributed by atoms with Crippen LogP contribution in [0.25, 0.3) is 0 Å². The van der Waals surface area contributed by atoms with Gasteiger partial charge in [0.1, 0.15) is 6.04 Å². The highest BCUT2D eigenvalue weighted by Gasteiger charge is 2.22. The molecule has 0 aliphatic carbocycles. The van der Waals surface area contributed by atoms with Gasteiger partial charge in [0.2, 0.25) is 0 Å². The predicted molar refractivity (Wildman–Crippen MR) is 66.0 cm³/mol. The molecule has 1 aliphatic heterocycles. The van der Waals surface area contributed by atoms with Gasteiger partial charge in [0, 0.05) is 26.2 Å². The average molecular weight is 244 g/mol. The lowest BCUT2D eigenvalue weighted by atomic mass is 10.2. The molecule has 0 aromatic heterocycles. The molecule has 0 saturated carbocycles. The van der Waals surface area contributed by atoms with E-state index in [-0.39, 0.29) is 12.0 Å². The lowest BCUT2D eigenvalue weighted by molar-refractivity contribution is -0.143. The summed E-state index contributed by atoms with van der Waals surface area (Å²) in [7, 11) is 1.44. The van der Waals surface area contributed by atoms with Crippen LogP contribution >= 0.6 is 0 Å². The smallest absolute Gasteiger partial charge is 0.324 e. The molecule has 1 unspecified atom stereocenters. The molecule has 1 saturated heterocycles. The Balaban J connectivity index is 2.42. The number of rotatable bonds is 6. The summed E-state index contributed by atoms with van der Waals surface area (Å²) in [6, 6.07) is -0.224. The molecule has 0 bridgehead atoms. The van der Waals surface area contributed by atoms with Crippen molar-refractivity contribution >= 4 is 5.97 Å². The number of methoxy groups -OCH3 is 1. The number of hydrogen-bond acceptors (Lipinski definition) is 5. The van der Waals surface area contributed by atoms with Gasteiger partial charge in [0.05, 0.1) is 13.7 Å². The third kappa shape index (κ3) is 5.48. The fraction of sp³-hybridized carbons (Fsp3) is 0.917. The van der Waals surface area contributed by atoms with Crippen molar-refractivity contribution in [1.82, 2.24) is 10.2 Å². The van der Waals surface area contributed by atoms with Gasteiger partial charge in [-0.05, 0) is 19.4 Å². The molecule has 0 aromatic carbocycles. The molecule has 5 nitrogen and oxygen atoms in total. The van der Waals surface area contributed by atoms with Crippen molar-refractivity contribution in [3.8, 4) is 0 Å². The molecule has 1 fully saturated rings. The first kappa shape index (κ1) is 14.4. The Morgan fingerprint density at radius 2 is 2.29 bits per heavy atom. The number of hydrogen-bond donors (Lipinski definition) is 1. The molecule has 1 N–H and O–H groups in total. The Labute approximate surface area is 103 Å². The van der Waals surface area contributed by atoms with Crippen molar-refractivity contribution in [2.75, 3.05) is 46.5 Å². The van der Waals surface area contributed by atoms with E-state index in [2.05, 4.69) is 17.1 Å². The molecule has 0 radical (unpaired) electrons. The number of nitrogens with one attached hydrogen (secondary N) is 1. The summed E-state index contributed by atoms with van der Waals surface area (Å²) in [6.07, 6.45) is 2.04. The summed E-state index contributed by atoms with van der Waals surface area (Å²) >= 11 is 0. The highest BCUT2D eigenvalue weighted by atomic mass is 16.5. The molecule has 1 atom stereocenters. The fourth-order valence-corrected chi connectivity index (χ4v) is 1.92. The van der Waals surface area contributed by atoms with E-state index in [4.69, 9.17) is 9.47 Å². The summed E-state index contributed by atoms with van der Waals surface area (Å²) in [6.45, 7) is 7.08. The first-order valence-electron chi connectivity index (χ1n) is 6.39. The van der Waals surface area contributed by atoms with Crippen molar-refractivity contribution in [2.24, 2.45) is 0 Å². The van der Waals surface area contributed by atoms with Crippen LogP contribution < -0.4 is 5.32 Å². The van der Waals surface area contributed by atoms with E-state index in [0.717, 1.165) is 45.7 Å². The van der Waals surface area contributed by atoms with E-state index < -0.39 is 0 Å². The van der Waals surface area contributed by atoms with Gasteiger partial charge in [-0.2, -0.15) is 0 Å². The molecular weight excluding hydrogens is 220 g/mol. The second-order valence-corrected chi connectivity index (χ2v) is 4.30. The maximum Gasteiger partial charge on any atom is 0.324 e. The number of esters is 1. The molecule has 0 spiro atoms. The minimum absolute atomic E-state index is 0.177. The van der Waals surface area contributed by atoms with Crippen molar-refractivity contribution in [3.05, 3.63) is 0 Å². The van der Waals surface area contributed by atoms with Gasteiger partial charge in [-0.3, -0.25) is 9.69 Å². The highest BCUT2D eigenvalue weighted by Crippen LogP contribution is 2.01. The van der Waals surface area contributed by atoms with E-state index >= 15 is 0 Å². The van der Waals surface area contributed by atoms with E-state index in [1.165, 1.54) is 7.11 Å². The summed E-state index contributed by atoms with van der Waals surface area (Å²) in [5.41, 5.74) is 0. The topological polar surface area (TPSA) is 50.8 Å². The van der Waals surface area contributed by atoms with Crippen LogP contribution in [0.15, 0.2) is 0 Å². The summed E-state index contributed by atoms with van der Waals surface area (Å²) in [5.74, 6) is -0.177. The average Bonchev–Trinajstić information content (AvgIpc) is 2.62. The van der Waals surface area contributed by atoms with Crippen molar-refractivity contribution in [1.29, 1.82) is 0 Å². The first-order valence-corrected chi connectivity index (χ1v) is 6.39. The van der Waals surface area contributed by atoms with Gasteiger partial charge in [0.25, 0.3) is 0 Å². The molecule has 0 aromatic rings. The number of nitrogens with zero attached hydrogens (tertiary/aromatic N) is 1. The zero-order valence-corrected chi connectivity index (χ0v) is 10.9. The highest BCUT2D eigenvalue weighted by molar-refractivity contribution is 5.75. The number of carbonyl (C=O) groups is 1. The molecule has 1 rings (SSSR count). The third-order valence-electron chi connectivity index (χ3n) is 2.88. The molecule has 0 amide bonds. The zero-order valence-electron chi connectivity index (χ0n) is 10.9. The largest absolute Gasteiger partial charge is 0.468 e. The van der Waals surface area contributed by atoms with Gasteiger partial charge in [-0.25, -0.2) is 0 Å². The Kier molecular flexibility index (Phi) is 7.16. The Morgan fingerprint density at radius 1 is 1.47 bits per heavy atom. The minimum atomic E-state index is -0.224. The third-order valence-corrected chi connectivity index (χ3v) is 2.88. The SMILES string of the molecule is CCCNC(CN1CCCOCC1)C(=O)OC. The van der Waals surface area contributed by atoms with Crippen LogP contribution in [0.3, 0.4) is 0 Å². The molecular formula is C12H24N2O3. The summed E-state index contributed by atoms with van der Waals surface area (Å²) < 4.78 is 10.2. The molecule has 1 heterocycles. The molecule has 100 valence electrons. The van der Waals surface area contributed by atoms with Crippen LogP contribution in [-0.2, 0) is 14.3 Å². The van der Waals surface area contributed by atoms with Crippen LogP contribution in [0.1, 0.15) is 19.8 Å². The number of carbonyl (C=O) groups excluding carboxylic acids is 1. The normalized spacial score (nSPS) is 19.6. The van der Waals surface area contributed by atoms with Crippen LogP contribution in [0, 0.1) is 0 Å². The van der Waals surface area contributed by atoms with Crippen LogP contribution in [0.4, 0.5) is 0 Å². The zero-order chi connectivity index (χ0) is 12.5. The standard InChI is InChI=1S/C12H24N2O3/c1-3-5-13-11(12(15)16-2)10-14-6-4-8-17-9-7-14/h11,13H,3-10H2,1-2H3. The van der Waals surface area contributed by atoms with Gasteiger partial charge in [0.15, 0.2) is 0 Å². The molecule has 1 aliphatic rings. The van der Waals surface area contributed by atoms with Crippen molar-refractivity contribution in [2.45, 2.75) is 25.8 Å². The maximum atomic E-state index is 11.6. The Hall–Kier alpha value is -0.650. The fourth-order valence-electron chi connectivity index (χ4n) is 1.92. The first-order chi connectivity index (χ1) is 8.27. The summed E-state index contributed by atoms with van der Waals surface area (Å²) in [4.78, 5) is 13.9. The van der Waals surface area contributed by atoms with E-state index in [0.29, 0.717) is 6.54 Å². The van der Waals surface area contributed by atoms with Gasteiger partial charge >= 0.3 is 5.97 Å². The monoisotopic (exact) mass is 244 g/mol. The lowest BCUT2D eigenvalue weighted by Gasteiger charge is -2.24. The van der Waals surface area contributed by atoms with Crippen LogP contribution in [0.5, 0.6) is 0 Å². The van der Waals surface area contributed by atoms with Gasteiger partial charge in [-0.1, -0.05) is 6.92 Å². The van der Waals surface area contributed by atoms with Crippen molar-refractivity contribution < 1.29 is 14.3 Å². The number of ether oxygens (including phenoxy) is 2. The maximum absolute atomic E-state index is 11.6. The van der Waals surface area contributed by atoms with Crippen LogP contribution in [-0.4, -0.2) is 63.4 Å². The summed E-state index contributed by atoms with van der Waals surface area (Å²) in [5, 5.41) is 3.23. The minimum Gasteiger partial charge on any atom is -0.468 e. The van der Waals surface area contributed by atoms with E-state index in [9.17, 15) is 4.79 Å². The predicted octanol–water partition coefficient (Wildman–Crippen LogP) is 0.250. The second-order valence-electron chi connectivity index (χ2n) is 4.30. The Bertz CT molecular complexity index is 216. The molecule has 5 heteroatoms. The van der Waals surface area contributed by atoms with Crippen LogP contribution in [0.2, 0.25) is 0 Å². The van der Waals surface area contributed by atoms with Gasteiger partial charge < -0.3 is 14.8 Å². The quantitative estimate of drug-likeness (QED) is 0.679. The van der Waals surface area contributed by atoms with E-state index in [1.807, 2.05) is 0 Å². The van der Waals surface area contributed by atoms with Crippen molar-refractivity contribution in [3.63, 3.8) is 0 Å². The van der Waals surface area contributed by atoms with E-state index in [1.54, 1.807) is 0 Å². The van der Waals surface area contributed by atoms with Gasteiger partial charge in [-0.15, -0.1) is 0 Å².